The Morgan fingerprint density at radius 2 is 0.773 bits per heavy atom. The van der Waals surface area contributed by atoms with E-state index in [1.165, 1.54) is 67.1 Å². The molecule has 0 spiro atoms. The summed E-state index contributed by atoms with van der Waals surface area (Å²) in [6, 6.07) is 19.4. The van der Waals surface area contributed by atoms with Crippen LogP contribution in [0.4, 0.5) is 0 Å². The van der Waals surface area contributed by atoms with E-state index in [1.54, 1.807) is 10.4 Å². The van der Waals surface area contributed by atoms with Gasteiger partial charge < -0.3 is 14.9 Å². The predicted molar refractivity (Wildman–Crippen MR) is 214 cm³/mol. The van der Waals surface area contributed by atoms with E-state index < -0.39 is 16.1 Å². The van der Waals surface area contributed by atoms with Gasteiger partial charge in [0, 0.05) is 0 Å². The van der Waals surface area contributed by atoms with Crippen LogP contribution in [0.25, 0.3) is 21.5 Å². The molecule has 0 fully saturated rings. The van der Waals surface area contributed by atoms with E-state index in [9.17, 15) is 0 Å². The SMILES string of the molecule is CC(C)c1cc(C(C)C)c2cc([Si](C)(C)C)[cH-]c2c1.CC(C)c1cc(C(C)C)c2cc([Si](C)(C)C)[cH-]c2c1.Cl.Cl.[CH3-].[CH3-].[Si]=[Zr]. The van der Waals surface area contributed by atoms with Gasteiger partial charge in [0.1, 0.15) is 0 Å². The molecule has 0 heterocycles. The summed E-state index contributed by atoms with van der Waals surface area (Å²) in [5, 5.41) is 9.05. The fourth-order valence-corrected chi connectivity index (χ4v) is 7.57. The quantitative estimate of drug-likeness (QED) is 0.135. The van der Waals surface area contributed by atoms with Crippen molar-refractivity contribution in [3.05, 3.63) is 85.6 Å². The molecule has 0 aliphatic rings. The molecule has 0 bridgehead atoms. The molecule has 0 N–H and O–H groups in total. The van der Waals surface area contributed by atoms with Crippen LogP contribution in [0.5, 0.6) is 0 Å². The molecule has 6 heteroatoms. The maximum atomic E-state index is 3.06. The zero-order valence-electron chi connectivity index (χ0n) is 30.7. The van der Waals surface area contributed by atoms with Crippen LogP contribution in [-0.2, 0) is 23.3 Å². The van der Waals surface area contributed by atoms with Crippen molar-refractivity contribution in [2.75, 3.05) is 0 Å². The summed E-state index contributed by atoms with van der Waals surface area (Å²) in [4.78, 5) is 0. The Labute approximate surface area is 304 Å². The van der Waals surface area contributed by atoms with Gasteiger partial charge in [-0.05, 0) is 23.7 Å². The molecule has 4 aromatic carbocycles. The zero-order chi connectivity index (χ0) is 30.7. The van der Waals surface area contributed by atoms with E-state index >= 15 is 0 Å². The molecule has 0 aliphatic carbocycles. The van der Waals surface area contributed by atoms with E-state index in [1.807, 2.05) is 0 Å². The Hall–Kier alpha value is -0.226. The molecule has 4 aromatic rings. The fourth-order valence-electron chi connectivity index (χ4n) is 5.24. The summed E-state index contributed by atoms with van der Waals surface area (Å²) >= 11 is 1.36. The van der Waals surface area contributed by atoms with Gasteiger partial charge >= 0.3 is 30.2 Å². The van der Waals surface area contributed by atoms with Crippen molar-refractivity contribution in [3.63, 3.8) is 0 Å². The summed E-state index contributed by atoms with van der Waals surface area (Å²) in [5.41, 5.74) is 5.99. The van der Waals surface area contributed by atoms with Crippen LogP contribution in [-0.4, -0.2) is 23.0 Å². The Kier molecular flexibility index (Phi) is 21.4. The molecule has 0 amide bonds. The molecular weight excluding hydrogens is 703 g/mol. The molecule has 0 saturated heterocycles. The van der Waals surface area contributed by atoms with E-state index in [-0.39, 0.29) is 39.7 Å². The monoisotopic (exact) mass is 762 g/mol. The van der Waals surface area contributed by atoms with Crippen LogP contribution in [0.15, 0.2) is 48.5 Å². The molecule has 248 valence electrons. The first-order chi connectivity index (χ1) is 18.4. The zero-order valence-corrected chi connectivity index (χ0v) is 37.8. The third kappa shape index (κ3) is 12.1. The number of hydrogen-bond acceptors (Lipinski definition) is 0. The van der Waals surface area contributed by atoms with E-state index in [4.69, 9.17) is 0 Å². The maximum absolute atomic E-state index is 3.06. The van der Waals surface area contributed by atoms with Crippen LogP contribution >= 0.6 is 24.8 Å². The van der Waals surface area contributed by atoms with Crippen molar-refractivity contribution >= 4 is 79.8 Å². The Morgan fingerprint density at radius 3 is 0.977 bits per heavy atom. The minimum atomic E-state index is -1.22. The molecule has 44 heavy (non-hydrogen) atoms. The first-order valence-electron chi connectivity index (χ1n) is 15.1. The van der Waals surface area contributed by atoms with Gasteiger partial charge in [-0.15, -0.1) is 81.0 Å². The average Bonchev–Trinajstić information content (AvgIpc) is 3.48. The molecular formula is C38H62Cl2Si3Zr-4. The van der Waals surface area contributed by atoms with E-state index in [0.717, 1.165) is 0 Å². The van der Waals surface area contributed by atoms with Crippen molar-refractivity contribution in [2.45, 2.75) is 118 Å². The van der Waals surface area contributed by atoms with Crippen LogP contribution in [0, 0.1) is 14.9 Å². The van der Waals surface area contributed by atoms with Gasteiger partial charge in [-0.3, -0.25) is 0 Å². The van der Waals surface area contributed by atoms with Crippen molar-refractivity contribution in [1.82, 2.24) is 0 Å². The van der Waals surface area contributed by atoms with Gasteiger partial charge in [0.25, 0.3) is 0 Å². The summed E-state index contributed by atoms with van der Waals surface area (Å²) < 4.78 is 0. The number of benzene rings is 2. The second kappa shape index (κ2) is 19.6. The van der Waals surface area contributed by atoms with Gasteiger partial charge in [-0.25, -0.2) is 0 Å². The van der Waals surface area contributed by atoms with Crippen LogP contribution in [0.3, 0.4) is 0 Å². The molecule has 4 rings (SSSR count). The van der Waals surface area contributed by atoms with Gasteiger partial charge in [0.05, 0.1) is 16.1 Å². The molecule has 0 nitrogen and oxygen atoms in total. The summed E-state index contributed by atoms with van der Waals surface area (Å²) in [5.74, 6) is 2.40. The minimum absolute atomic E-state index is 0. The summed E-state index contributed by atoms with van der Waals surface area (Å²) in [6.07, 6.45) is 0. The first-order valence-corrected chi connectivity index (χ1v) is 26.3. The van der Waals surface area contributed by atoms with Crippen LogP contribution < -0.4 is 10.4 Å². The Balaban J connectivity index is -0.000000666. The number of hydrogen-bond donors (Lipinski definition) is 0. The van der Waals surface area contributed by atoms with Gasteiger partial charge in [0.2, 0.25) is 0 Å². The summed E-state index contributed by atoms with van der Waals surface area (Å²) in [7, 11) is -2.44. The topological polar surface area (TPSA) is 0 Å². The Bertz CT molecular complexity index is 1310. The van der Waals surface area contributed by atoms with Crippen LogP contribution in [0.1, 0.15) is 101 Å². The second-order valence-corrected chi connectivity index (χ2v) is 25.0. The molecule has 0 unspecified atom stereocenters. The van der Waals surface area contributed by atoms with Crippen molar-refractivity contribution in [1.29, 1.82) is 0 Å². The second-order valence-electron chi connectivity index (χ2n) is 14.8. The van der Waals surface area contributed by atoms with Crippen molar-refractivity contribution < 1.29 is 23.3 Å². The van der Waals surface area contributed by atoms with Crippen molar-refractivity contribution in [3.8, 4) is 0 Å². The Morgan fingerprint density at radius 1 is 0.500 bits per heavy atom. The molecule has 0 atom stereocenters. The normalized spacial score (nSPS) is 11.2. The number of rotatable bonds is 6. The summed E-state index contributed by atoms with van der Waals surface area (Å²) in [6.45, 7) is 36.0. The van der Waals surface area contributed by atoms with Gasteiger partial charge in [-0.1, -0.05) is 129 Å². The van der Waals surface area contributed by atoms with Crippen LogP contribution in [0.2, 0.25) is 39.3 Å². The molecule has 0 saturated carbocycles. The third-order valence-electron chi connectivity index (χ3n) is 8.06. The van der Waals surface area contributed by atoms with Gasteiger partial charge in [-0.2, -0.15) is 12.1 Å². The van der Waals surface area contributed by atoms with Crippen molar-refractivity contribution in [2.24, 2.45) is 0 Å². The fraction of sp³-hybridized carbons (Fsp3) is 0.474. The molecule has 0 aromatic heterocycles. The average molecular weight is 765 g/mol. The molecule has 0 aliphatic heterocycles. The number of halogens is 2. The predicted octanol–water partition coefficient (Wildman–Crippen LogP) is 12.1. The first kappa shape index (κ1) is 48.2. The van der Waals surface area contributed by atoms with Gasteiger partial charge in [0.15, 0.2) is 0 Å². The standard InChI is InChI=1S/2C18H27Si.2CH3.2ClH.Si.Zr/c2*1-12(2)14-8-15-9-16(19(5,6)7)11-18(15)17(10-14)13(3)4;;;;;;/h2*8-13H,1-7H3;2*1H3;2*1H;;/q4*-1;;;;. The number of fused-ring (bicyclic) bond motifs is 2. The van der Waals surface area contributed by atoms with E-state index in [2.05, 4.69) is 150 Å². The molecule has 2 radical (unpaired) electrons. The third-order valence-corrected chi connectivity index (χ3v) is 12.1. The van der Waals surface area contributed by atoms with E-state index in [0.29, 0.717) is 23.7 Å².